The molecule has 4 aromatic rings. The maximum Gasteiger partial charge on any atom is 0.265 e. The van der Waals surface area contributed by atoms with Crippen LogP contribution in [-0.2, 0) is 0 Å². The van der Waals surface area contributed by atoms with E-state index in [0.29, 0.717) is 32.4 Å². The number of rotatable bonds is 1. The number of H-pyrrole nitrogens is 1. The first-order valence-electron chi connectivity index (χ1n) is 6.93. The van der Waals surface area contributed by atoms with Gasteiger partial charge >= 0.3 is 0 Å². The molecular formula is C17H10ClN3O2. The van der Waals surface area contributed by atoms with Gasteiger partial charge in [0.25, 0.3) is 5.91 Å². The van der Waals surface area contributed by atoms with Gasteiger partial charge in [-0.15, -0.1) is 0 Å². The monoisotopic (exact) mass is 323 g/mol. The molecule has 0 saturated heterocycles. The Balaban J connectivity index is 2.13. The number of hydrogen-bond donors (Lipinski definition) is 1. The summed E-state index contributed by atoms with van der Waals surface area (Å²) in [5.74, 6) is -0.282. The summed E-state index contributed by atoms with van der Waals surface area (Å²) in [5.41, 5.74) is 1.26. The molecule has 23 heavy (non-hydrogen) atoms. The van der Waals surface area contributed by atoms with Gasteiger partial charge < -0.3 is 4.98 Å². The number of hydrogen-bond acceptors (Lipinski definition) is 3. The number of fused-ring (bicyclic) bond motifs is 2. The fraction of sp³-hybridized carbons (Fsp3) is 0. The van der Waals surface area contributed by atoms with Gasteiger partial charge in [-0.3, -0.25) is 14.2 Å². The Bertz CT molecular complexity index is 1110. The molecule has 0 atom stereocenters. The summed E-state index contributed by atoms with van der Waals surface area (Å²) in [6.45, 7) is 0. The summed E-state index contributed by atoms with van der Waals surface area (Å²) in [7, 11) is 0. The molecule has 4 rings (SSSR count). The first-order valence-corrected chi connectivity index (χ1v) is 7.30. The predicted octanol–water partition coefficient (Wildman–Crippen LogP) is 3.22. The molecule has 5 nitrogen and oxygen atoms in total. The molecule has 2 heterocycles. The van der Waals surface area contributed by atoms with Crippen molar-refractivity contribution in [3.05, 3.63) is 75.9 Å². The fourth-order valence-electron chi connectivity index (χ4n) is 2.69. The molecule has 0 aliphatic carbocycles. The van der Waals surface area contributed by atoms with Gasteiger partial charge in [0.15, 0.2) is 5.43 Å². The number of imidazole rings is 1. The topological polar surface area (TPSA) is 67.8 Å². The molecule has 2 aromatic carbocycles. The summed E-state index contributed by atoms with van der Waals surface area (Å²) < 4.78 is 1.36. The van der Waals surface area contributed by atoms with E-state index in [-0.39, 0.29) is 11.3 Å². The number of halogens is 1. The van der Waals surface area contributed by atoms with Gasteiger partial charge in [0.2, 0.25) is 0 Å². The number of carbonyl (C=O) groups excluding carboxylic acids is 1. The Morgan fingerprint density at radius 3 is 2.78 bits per heavy atom. The molecule has 0 fully saturated rings. The van der Waals surface area contributed by atoms with Crippen molar-refractivity contribution >= 4 is 39.3 Å². The fourth-order valence-corrected chi connectivity index (χ4v) is 2.93. The van der Waals surface area contributed by atoms with Gasteiger partial charge in [0, 0.05) is 23.3 Å². The summed E-state index contributed by atoms with van der Waals surface area (Å²) in [6, 6.07) is 10.3. The van der Waals surface area contributed by atoms with E-state index in [1.807, 2.05) is 6.07 Å². The second-order valence-electron chi connectivity index (χ2n) is 5.12. The Hall–Kier alpha value is -2.92. The number of para-hydroxylation sites is 1. The van der Waals surface area contributed by atoms with E-state index in [4.69, 9.17) is 11.6 Å². The second kappa shape index (κ2) is 5.07. The highest BCUT2D eigenvalue weighted by Gasteiger charge is 2.17. The van der Waals surface area contributed by atoms with Crippen molar-refractivity contribution < 1.29 is 4.79 Å². The number of benzene rings is 2. The molecule has 112 valence electrons. The standard InChI is InChI=1S/C17H10ClN3O2/c18-12-6-5-11(17(23)21-8-7-19-9-21)15-14(12)16(22)10-3-1-2-4-13(10)20-15/h1-9H,(H,20,22). The van der Waals surface area contributed by atoms with E-state index in [9.17, 15) is 9.59 Å². The van der Waals surface area contributed by atoms with Gasteiger partial charge in [-0.05, 0) is 24.3 Å². The third-order valence-corrected chi connectivity index (χ3v) is 4.10. The Morgan fingerprint density at radius 2 is 2.00 bits per heavy atom. The minimum absolute atomic E-state index is 0.195. The minimum Gasteiger partial charge on any atom is -0.354 e. The average molecular weight is 324 g/mol. The zero-order valence-electron chi connectivity index (χ0n) is 11.8. The molecule has 0 unspecified atom stereocenters. The molecule has 0 spiro atoms. The SMILES string of the molecule is O=C(c1ccc(Cl)c2c(=O)c3ccccc3[nH]c12)n1ccnc1. The molecule has 1 N–H and O–H groups in total. The van der Waals surface area contributed by atoms with E-state index >= 15 is 0 Å². The van der Waals surface area contributed by atoms with Crippen LogP contribution in [0, 0.1) is 0 Å². The van der Waals surface area contributed by atoms with E-state index < -0.39 is 0 Å². The number of pyridine rings is 1. The van der Waals surface area contributed by atoms with Crippen molar-refractivity contribution in [1.82, 2.24) is 14.5 Å². The van der Waals surface area contributed by atoms with E-state index in [1.165, 1.54) is 17.1 Å². The molecule has 0 aliphatic rings. The van der Waals surface area contributed by atoms with Crippen LogP contribution in [-0.4, -0.2) is 20.4 Å². The van der Waals surface area contributed by atoms with E-state index in [1.54, 1.807) is 36.5 Å². The van der Waals surface area contributed by atoms with Gasteiger partial charge in [0.05, 0.1) is 21.5 Å². The maximum atomic E-state index is 12.7. The summed E-state index contributed by atoms with van der Waals surface area (Å²) >= 11 is 6.21. The molecule has 0 bridgehead atoms. The second-order valence-corrected chi connectivity index (χ2v) is 5.53. The minimum atomic E-state index is -0.282. The molecule has 0 aliphatic heterocycles. The number of nitrogens with zero attached hydrogens (tertiary/aromatic N) is 2. The normalized spacial score (nSPS) is 11.2. The van der Waals surface area contributed by atoms with Crippen molar-refractivity contribution in [1.29, 1.82) is 0 Å². The molecule has 2 aromatic heterocycles. The van der Waals surface area contributed by atoms with Crippen molar-refractivity contribution in [2.24, 2.45) is 0 Å². The van der Waals surface area contributed by atoms with E-state index in [2.05, 4.69) is 9.97 Å². The highest BCUT2D eigenvalue weighted by atomic mass is 35.5. The van der Waals surface area contributed by atoms with Crippen LogP contribution in [0.25, 0.3) is 21.8 Å². The molecule has 0 radical (unpaired) electrons. The van der Waals surface area contributed by atoms with Crippen LogP contribution in [0.5, 0.6) is 0 Å². The first kappa shape index (κ1) is 13.7. The van der Waals surface area contributed by atoms with Crippen molar-refractivity contribution in [3.63, 3.8) is 0 Å². The summed E-state index contributed by atoms with van der Waals surface area (Å²) in [6.07, 6.45) is 4.50. The lowest BCUT2D eigenvalue weighted by Crippen LogP contribution is -2.13. The maximum absolute atomic E-state index is 12.7. The van der Waals surface area contributed by atoms with E-state index in [0.717, 1.165) is 0 Å². The lowest BCUT2D eigenvalue weighted by atomic mass is 10.1. The van der Waals surface area contributed by atoms with Crippen LogP contribution in [0.3, 0.4) is 0 Å². The predicted molar refractivity (Wildman–Crippen MR) is 89.0 cm³/mol. The third-order valence-electron chi connectivity index (χ3n) is 3.78. The van der Waals surface area contributed by atoms with Crippen molar-refractivity contribution in [2.75, 3.05) is 0 Å². The molecular weight excluding hydrogens is 314 g/mol. The summed E-state index contributed by atoms with van der Waals surface area (Å²) in [5, 5.41) is 1.17. The third kappa shape index (κ3) is 2.05. The highest BCUT2D eigenvalue weighted by molar-refractivity contribution is 6.36. The summed E-state index contributed by atoms with van der Waals surface area (Å²) in [4.78, 5) is 32.4. The zero-order valence-corrected chi connectivity index (χ0v) is 12.5. The molecule has 6 heteroatoms. The van der Waals surface area contributed by atoms with Crippen LogP contribution >= 0.6 is 11.6 Å². The Labute approximate surface area is 135 Å². The van der Waals surface area contributed by atoms with Crippen LogP contribution in [0.15, 0.2) is 59.9 Å². The first-order chi connectivity index (χ1) is 11.2. The highest BCUT2D eigenvalue weighted by Crippen LogP contribution is 2.25. The van der Waals surface area contributed by atoms with Crippen molar-refractivity contribution in [2.45, 2.75) is 0 Å². The van der Waals surface area contributed by atoms with Crippen LogP contribution in [0.2, 0.25) is 5.02 Å². The van der Waals surface area contributed by atoms with Gasteiger partial charge in [-0.2, -0.15) is 0 Å². The molecule has 0 amide bonds. The lowest BCUT2D eigenvalue weighted by Gasteiger charge is -2.09. The van der Waals surface area contributed by atoms with Crippen LogP contribution in [0.4, 0.5) is 0 Å². The Morgan fingerprint density at radius 1 is 1.17 bits per heavy atom. The van der Waals surface area contributed by atoms with Crippen LogP contribution < -0.4 is 5.43 Å². The smallest absolute Gasteiger partial charge is 0.265 e. The average Bonchev–Trinajstić information content (AvgIpc) is 3.09. The van der Waals surface area contributed by atoms with Crippen molar-refractivity contribution in [3.8, 4) is 0 Å². The zero-order chi connectivity index (χ0) is 16.0. The molecule has 0 saturated carbocycles. The largest absolute Gasteiger partial charge is 0.354 e. The van der Waals surface area contributed by atoms with Gasteiger partial charge in [-0.25, -0.2) is 4.98 Å². The number of nitrogens with one attached hydrogen (secondary N) is 1. The lowest BCUT2D eigenvalue weighted by molar-refractivity contribution is 0.0961. The van der Waals surface area contributed by atoms with Crippen LogP contribution in [0.1, 0.15) is 10.4 Å². The van der Waals surface area contributed by atoms with Gasteiger partial charge in [-0.1, -0.05) is 23.7 Å². The quantitative estimate of drug-likeness (QED) is 0.547. The Kier molecular flexibility index (Phi) is 3.02. The number of aromatic nitrogens is 3. The number of carbonyl (C=O) groups is 1. The van der Waals surface area contributed by atoms with Gasteiger partial charge in [0.1, 0.15) is 6.33 Å². The number of aromatic amines is 1.